The molecule has 3 heterocycles. The second kappa shape index (κ2) is 9.28. The van der Waals surface area contributed by atoms with Crippen LogP contribution >= 0.6 is 0 Å². The van der Waals surface area contributed by atoms with Crippen molar-refractivity contribution in [3.8, 4) is 5.75 Å². The largest absolute Gasteiger partial charge is 0.494 e. The molecule has 1 saturated heterocycles. The summed E-state index contributed by atoms with van der Waals surface area (Å²) in [6.07, 6.45) is 6.61. The average Bonchev–Trinajstić information content (AvgIpc) is 3.20. The number of nitrogens with two attached hydrogens (primary N) is 1. The maximum Gasteiger partial charge on any atom is 0.251 e. The first-order valence-electron chi connectivity index (χ1n) is 10.5. The van der Waals surface area contributed by atoms with Crippen LogP contribution in [0, 0.1) is 0 Å². The van der Waals surface area contributed by atoms with Crippen LogP contribution in [0.15, 0.2) is 55.0 Å². The highest BCUT2D eigenvalue weighted by Crippen LogP contribution is 2.31. The lowest BCUT2D eigenvalue weighted by Crippen LogP contribution is -2.45. The Balaban J connectivity index is 1.35. The second-order valence-electron chi connectivity index (χ2n) is 7.82. The molecule has 8 heteroatoms. The zero-order valence-corrected chi connectivity index (χ0v) is 17.3. The third-order valence-corrected chi connectivity index (χ3v) is 5.50. The second-order valence-corrected chi connectivity index (χ2v) is 7.82. The molecular weight excluding hydrogens is 394 g/mol. The number of β-amino-alcohol motifs (C(OH)–C–C–N with tert-alkyl or cyclic N) is 1. The molecule has 1 amide bonds. The molecule has 0 saturated carbocycles. The summed E-state index contributed by atoms with van der Waals surface area (Å²) in [7, 11) is 0. The van der Waals surface area contributed by atoms with Gasteiger partial charge in [0.1, 0.15) is 11.4 Å². The van der Waals surface area contributed by atoms with Gasteiger partial charge in [0.15, 0.2) is 0 Å². The van der Waals surface area contributed by atoms with Gasteiger partial charge in [0.25, 0.3) is 5.91 Å². The number of pyridine rings is 2. The van der Waals surface area contributed by atoms with Crippen LogP contribution in [0.4, 0.5) is 5.69 Å². The van der Waals surface area contributed by atoms with Crippen molar-refractivity contribution in [1.82, 2.24) is 15.3 Å². The molecule has 3 aromatic rings. The van der Waals surface area contributed by atoms with E-state index in [1.807, 2.05) is 12.1 Å². The van der Waals surface area contributed by atoms with E-state index in [4.69, 9.17) is 10.5 Å². The first kappa shape index (κ1) is 21.0. The van der Waals surface area contributed by atoms with Crippen LogP contribution in [-0.4, -0.2) is 59.4 Å². The van der Waals surface area contributed by atoms with Crippen LogP contribution in [0.1, 0.15) is 23.2 Å². The highest BCUT2D eigenvalue weighted by Gasteiger charge is 2.37. The number of carbonyl (C=O) groups excluding carboxylic acids is 1. The summed E-state index contributed by atoms with van der Waals surface area (Å²) in [5.74, 6) is 0.480. The van der Waals surface area contributed by atoms with Crippen molar-refractivity contribution in [2.24, 2.45) is 5.73 Å². The molecule has 1 aliphatic heterocycles. The van der Waals surface area contributed by atoms with Gasteiger partial charge >= 0.3 is 0 Å². The van der Waals surface area contributed by atoms with E-state index >= 15 is 0 Å². The van der Waals surface area contributed by atoms with Gasteiger partial charge < -0.3 is 25.8 Å². The Hall–Kier alpha value is -3.23. The van der Waals surface area contributed by atoms with Crippen LogP contribution in [-0.2, 0) is 0 Å². The number of hydrogen-bond donors (Lipinski definition) is 3. The molecule has 4 N–H and O–H groups in total. The Bertz CT molecular complexity index is 1040. The quantitative estimate of drug-likeness (QED) is 0.475. The van der Waals surface area contributed by atoms with Gasteiger partial charge in [-0.05, 0) is 55.8 Å². The van der Waals surface area contributed by atoms with E-state index in [0.29, 0.717) is 44.0 Å². The fraction of sp³-hybridized carbons (Fsp3) is 0.348. The molecule has 4 rings (SSSR count). The minimum Gasteiger partial charge on any atom is -0.494 e. The fourth-order valence-electron chi connectivity index (χ4n) is 3.78. The van der Waals surface area contributed by atoms with E-state index in [0.717, 1.165) is 23.0 Å². The van der Waals surface area contributed by atoms with Crippen molar-refractivity contribution < 1.29 is 14.6 Å². The van der Waals surface area contributed by atoms with E-state index < -0.39 is 5.60 Å². The van der Waals surface area contributed by atoms with Crippen molar-refractivity contribution >= 4 is 22.5 Å². The summed E-state index contributed by atoms with van der Waals surface area (Å²) in [4.78, 5) is 23.2. The summed E-state index contributed by atoms with van der Waals surface area (Å²) in [5.41, 5.74) is 6.84. The number of benzene rings is 1. The molecular formula is C23H27N5O3. The number of amides is 1. The lowest BCUT2D eigenvalue weighted by Gasteiger charge is -2.25. The molecule has 1 aliphatic rings. The number of rotatable bonds is 8. The highest BCUT2D eigenvalue weighted by molar-refractivity contribution is 5.94. The monoisotopic (exact) mass is 421 g/mol. The van der Waals surface area contributed by atoms with E-state index in [2.05, 4.69) is 20.2 Å². The third kappa shape index (κ3) is 4.92. The van der Waals surface area contributed by atoms with Gasteiger partial charge in [-0.1, -0.05) is 0 Å². The maximum absolute atomic E-state index is 12.5. The van der Waals surface area contributed by atoms with Crippen LogP contribution in [0.2, 0.25) is 0 Å². The Morgan fingerprint density at radius 1 is 1.23 bits per heavy atom. The van der Waals surface area contributed by atoms with E-state index in [9.17, 15) is 9.90 Å². The van der Waals surface area contributed by atoms with Crippen LogP contribution < -0.4 is 20.7 Å². The molecule has 1 fully saturated rings. The third-order valence-electron chi connectivity index (χ3n) is 5.50. The number of ether oxygens (including phenoxy) is 1. The van der Waals surface area contributed by atoms with Gasteiger partial charge in [-0.2, -0.15) is 0 Å². The Morgan fingerprint density at radius 2 is 2.06 bits per heavy atom. The van der Waals surface area contributed by atoms with Crippen molar-refractivity contribution in [2.75, 3.05) is 37.7 Å². The lowest BCUT2D eigenvalue weighted by molar-refractivity contribution is 0.0576. The topological polar surface area (TPSA) is 114 Å². The summed E-state index contributed by atoms with van der Waals surface area (Å²) >= 11 is 0. The first-order valence-corrected chi connectivity index (χ1v) is 10.5. The summed E-state index contributed by atoms with van der Waals surface area (Å²) < 4.78 is 5.56. The number of carbonyl (C=O) groups is 1. The maximum atomic E-state index is 12.5. The standard InChI is InChI=1S/C23H27N5O3/c24-9-1-13-31-18-4-2-17(3-5-18)22(29)27-15-23(30)8-12-28(16-23)21-7-11-26-20-6-10-25-14-19(20)21/h2-7,10-11,14,30H,1,8-9,12-13,15-16,24H2,(H,27,29). The molecule has 0 aliphatic carbocycles. The zero-order chi connectivity index (χ0) is 21.7. The van der Waals surface area contributed by atoms with E-state index in [-0.39, 0.29) is 12.5 Å². The smallest absolute Gasteiger partial charge is 0.251 e. The number of hydrogen-bond acceptors (Lipinski definition) is 7. The molecule has 0 radical (unpaired) electrons. The molecule has 162 valence electrons. The molecule has 8 nitrogen and oxygen atoms in total. The van der Waals surface area contributed by atoms with Crippen LogP contribution in [0.25, 0.3) is 10.9 Å². The predicted octanol–water partition coefficient (Wildman–Crippen LogP) is 1.73. The number of aliphatic hydroxyl groups is 1. The molecule has 1 unspecified atom stereocenters. The number of nitrogens with one attached hydrogen (secondary N) is 1. The lowest BCUT2D eigenvalue weighted by atomic mass is 10.0. The average molecular weight is 422 g/mol. The van der Waals surface area contributed by atoms with E-state index in [1.54, 1.807) is 42.9 Å². The van der Waals surface area contributed by atoms with Gasteiger partial charge in [-0.3, -0.25) is 14.8 Å². The van der Waals surface area contributed by atoms with Gasteiger partial charge in [0.05, 0.1) is 12.1 Å². The first-order chi connectivity index (χ1) is 15.1. The van der Waals surface area contributed by atoms with Crippen molar-refractivity contribution in [3.05, 3.63) is 60.6 Å². The van der Waals surface area contributed by atoms with Crippen molar-refractivity contribution in [3.63, 3.8) is 0 Å². The van der Waals surface area contributed by atoms with Gasteiger partial charge in [0, 0.05) is 54.9 Å². The van der Waals surface area contributed by atoms with E-state index in [1.165, 1.54) is 0 Å². The predicted molar refractivity (Wildman–Crippen MR) is 119 cm³/mol. The molecule has 2 aromatic heterocycles. The molecule has 31 heavy (non-hydrogen) atoms. The van der Waals surface area contributed by atoms with Crippen LogP contribution in [0.5, 0.6) is 5.75 Å². The van der Waals surface area contributed by atoms with Crippen LogP contribution in [0.3, 0.4) is 0 Å². The highest BCUT2D eigenvalue weighted by atomic mass is 16.5. The number of aromatic nitrogens is 2. The normalized spacial score (nSPS) is 18.3. The minimum atomic E-state index is -1.00. The summed E-state index contributed by atoms with van der Waals surface area (Å²) in [6, 6.07) is 10.8. The molecule has 0 spiro atoms. The Morgan fingerprint density at radius 3 is 2.87 bits per heavy atom. The summed E-state index contributed by atoms with van der Waals surface area (Å²) in [6.45, 7) is 2.42. The van der Waals surface area contributed by atoms with Gasteiger partial charge in [0.2, 0.25) is 0 Å². The van der Waals surface area contributed by atoms with Gasteiger partial charge in [-0.25, -0.2) is 0 Å². The minimum absolute atomic E-state index is 0.179. The van der Waals surface area contributed by atoms with Crippen molar-refractivity contribution in [2.45, 2.75) is 18.4 Å². The fourth-order valence-corrected chi connectivity index (χ4v) is 3.78. The van der Waals surface area contributed by atoms with Crippen molar-refractivity contribution in [1.29, 1.82) is 0 Å². The zero-order valence-electron chi connectivity index (χ0n) is 17.3. The number of fused-ring (bicyclic) bond motifs is 1. The van der Waals surface area contributed by atoms with Gasteiger partial charge in [-0.15, -0.1) is 0 Å². The number of anilines is 1. The molecule has 1 atom stereocenters. The molecule has 0 bridgehead atoms. The Labute approximate surface area is 181 Å². The Kier molecular flexibility index (Phi) is 6.29. The summed E-state index contributed by atoms with van der Waals surface area (Å²) in [5, 5.41) is 14.9. The number of nitrogens with zero attached hydrogens (tertiary/aromatic N) is 3. The molecule has 1 aromatic carbocycles. The SMILES string of the molecule is NCCCOc1ccc(C(=O)NCC2(O)CCN(c3ccnc4ccncc34)C2)cc1.